The van der Waals surface area contributed by atoms with Crippen LogP contribution in [0.5, 0.6) is 0 Å². The molecule has 7 heteroatoms. The fraction of sp³-hybridized carbons (Fsp3) is 0.0526. The number of aromatic nitrogens is 4. The molecule has 3 N–H and O–H groups in total. The minimum Gasteiger partial charge on any atom is -0.379 e. The molecule has 0 atom stereocenters. The third-order valence-electron chi connectivity index (χ3n) is 4.01. The van der Waals surface area contributed by atoms with Gasteiger partial charge in [-0.05, 0) is 36.4 Å². The van der Waals surface area contributed by atoms with Crippen LogP contribution in [0.25, 0.3) is 16.9 Å². The van der Waals surface area contributed by atoms with Gasteiger partial charge in [-0.15, -0.1) is 0 Å². The predicted molar refractivity (Wildman–Crippen MR) is 98.5 cm³/mol. The molecule has 1 aromatic carbocycles. The zero-order valence-corrected chi connectivity index (χ0v) is 13.8. The fourth-order valence-corrected chi connectivity index (χ4v) is 2.75. The molecule has 26 heavy (non-hydrogen) atoms. The summed E-state index contributed by atoms with van der Waals surface area (Å²) in [5, 5.41) is 7.52. The van der Waals surface area contributed by atoms with Crippen molar-refractivity contribution >= 4 is 17.2 Å². The molecule has 0 saturated carbocycles. The number of amides is 1. The minimum absolute atomic E-state index is 0.398. The average Bonchev–Trinajstić information content (AvgIpc) is 3.11. The van der Waals surface area contributed by atoms with Gasteiger partial charge in [-0.3, -0.25) is 9.78 Å². The number of imidazole rings is 1. The molecule has 4 rings (SSSR count). The van der Waals surface area contributed by atoms with Gasteiger partial charge < -0.3 is 11.1 Å². The van der Waals surface area contributed by atoms with Crippen LogP contribution in [0, 0.1) is 0 Å². The van der Waals surface area contributed by atoms with Crippen molar-refractivity contribution in [3.8, 4) is 11.3 Å². The van der Waals surface area contributed by atoms with Crippen molar-refractivity contribution in [1.82, 2.24) is 19.6 Å². The van der Waals surface area contributed by atoms with Crippen molar-refractivity contribution in [2.75, 3.05) is 5.32 Å². The zero-order chi connectivity index (χ0) is 17.9. The number of nitrogens with one attached hydrogen (secondary N) is 1. The highest BCUT2D eigenvalue weighted by molar-refractivity contribution is 5.93. The number of nitrogens with two attached hydrogens (primary N) is 1. The molecular formula is C19H16N6O. The summed E-state index contributed by atoms with van der Waals surface area (Å²) < 4.78 is 1.74. The lowest BCUT2D eigenvalue weighted by atomic mass is 10.1. The van der Waals surface area contributed by atoms with Gasteiger partial charge in [0.2, 0.25) is 0 Å². The average molecular weight is 344 g/mol. The van der Waals surface area contributed by atoms with Crippen molar-refractivity contribution < 1.29 is 4.79 Å². The molecule has 0 aliphatic carbocycles. The highest BCUT2D eigenvalue weighted by atomic mass is 16.1. The molecule has 3 aromatic heterocycles. The largest absolute Gasteiger partial charge is 0.379 e. The summed E-state index contributed by atoms with van der Waals surface area (Å²) >= 11 is 0. The Labute approximate surface area is 149 Å². The highest BCUT2D eigenvalue weighted by Gasteiger charge is 2.09. The Kier molecular flexibility index (Phi) is 4.03. The van der Waals surface area contributed by atoms with Crippen LogP contribution in [0.2, 0.25) is 0 Å². The molecule has 0 saturated heterocycles. The van der Waals surface area contributed by atoms with Crippen molar-refractivity contribution in [2.24, 2.45) is 5.73 Å². The van der Waals surface area contributed by atoms with Gasteiger partial charge in [0.1, 0.15) is 0 Å². The van der Waals surface area contributed by atoms with Gasteiger partial charge in [-0.1, -0.05) is 12.1 Å². The maximum absolute atomic E-state index is 11.5. The molecule has 0 unspecified atom stereocenters. The highest BCUT2D eigenvalue weighted by Crippen LogP contribution is 2.22. The fourth-order valence-electron chi connectivity index (χ4n) is 2.75. The van der Waals surface area contributed by atoms with E-state index in [4.69, 9.17) is 5.73 Å². The Bertz CT molecular complexity index is 1060. The number of pyridine rings is 1. The van der Waals surface area contributed by atoms with E-state index in [1.54, 1.807) is 29.0 Å². The lowest BCUT2D eigenvalue weighted by Crippen LogP contribution is -2.16. The third-order valence-corrected chi connectivity index (χ3v) is 4.01. The first-order valence-corrected chi connectivity index (χ1v) is 8.09. The first-order valence-electron chi connectivity index (χ1n) is 8.09. The summed E-state index contributed by atoms with van der Waals surface area (Å²) in [6.07, 6.45) is 5.25. The maximum atomic E-state index is 11.5. The van der Waals surface area contributed by atoms with Crippen LogP contribution in [-0.2, 0) is 6.54 Å². The normalized spacial score (nSPS) is 10.8. The van der Waals surface area contributed by atoms with Gasteiger partial charge in [0.05, 0.1) is 29.7 Å². The number of benzene rings is 1. The maximum Gasteiger partial charge on any atom is 0.250 e. The molecule has 4 aromatic rings. The summed E-state index contributed by atoms with van der Waals surface area (Å²) in [6.45, 7) is 0.398. The second kappa shape index (κ2) is 6.64. The molecule has 0 aliphatic rings. The van der Waals surface area contributed by atoms with E-state index in [-0.39, 0.29) is 0 Å². The van der Waals surface area contributed by atoms with Gasteiger partial charge >= 0.3 is 0 Å². The van der Waals surface area contributed by atoms with Gasteiger partial charge in [0.25, 0.3) is 5.91 Å². The van der Waals surface area contributed by atoms with Gasteiger partial charge in [0.15, 0.2) is 5.65 Å². The molecule has 7 nitrogen and oxygen atoms in total. The molecular weight excluding hydrogens is 328 g/mol. The Morgan fingerprint density at radius 1 is 1.12 bits per heavy atom. The summed E-state index contributed by atoms with van der Waals surface area (Å²) in [4.78, 5) is 20.3. The number of fused-ring (bicyclic) bond motifs is 1. The van der Waals surface area contributed by atoms with Crippen LogP contribution in [0.3, 0.4) is 0 Å². The molecule has 3 heterocycles. The van der Waals surface area contributed by atoms with E-state index in [0.717, 1.165) is 22.6 Å². The van der Waals surface area contributed by atoms with Gasteiger partial charge in [-0.2, -0.15) is 5.10 Å². The number of carbonyl (C=O) groups excluding carboxylic acids is 1. The number of rotatable bonds is 5. The number of anilines is 1. The van der Waals surface area contributed by atoms with Crippen LogP contribution in [0.15, 0.2) is 67.1 Å². The van der Waals surface area contributed by atoms with Crippen LogP contribution in [0.4, 0.5) is 5.69 Å². The summed E-state index contributed by atoms with van der Waals surface area (Å²) in [6, 6.07) is 15.0. The number of carbonyl (C=O) groups is 1. The zero-order valence-electron chi connectivity index (χ0n) is 13.8. The van der Waals surface area contributed by atoms with E-state index >= 15 is 0 Å². The molecule has 0 bridgehead atoms. The number of hydrogen-bond donors (Lipinski definition) is 2. The van der Waals surface area contributed by atoms with Crippen molar-refractivity contribution in [3.05, 3.63) is 78.4 Å². The summed E-state index contributed by atoms with van der Waals surface area (Å²) in [5.74, 6) is -0.485. The lowest BCUT2D eigenvalue weighted by molar-refractivity contribution is 0.0999. The lowest BCUT2D eigenvalue weighted by Gasteiger charge is -2.09. The van der Waals surface area contributed by atoms with E-state index in [2.05, 4.69) is 20.4 Å². The van der Waals surface area contributed by atoms with Gasteiger partial charge in [-0.25, -0.2) is 9.50 Å². The molecule has 0 spiro atoms. The SMILES string of the molecule is NC(=O)c1cccnc1CNc1cccc(-c2cn3ncccc3n2)c1. The van der Waals surface area contributed by atoms with Gasteiger partial charge in [0, 0.05) is 23.6 Å². The topological polar surface area (TPSA) is 98.2 Å². The first kappa shape index (κ1) is 15.8. The van der Waals surface area contributed by atoms with Crippen LogP contribution in [-0.4, -0.2) is 25.5 Å². The molecule has 0 radical (unpaired) electrons. The van der Waals surface area contributed by atoms with Crippen molar-refractivity contribution in [2.45, 2.75) is 6.54 Å². The molecule has 128 valence electrons. The van der Waals surface area contributed by atoms with Crippen LogP contribution in [0.1, 0.15) is 16.1 Å². The van der Waals surface area contributed by atoms with E-state index in [1.165, 1.54) is 0 Å². The van der Waals surface area contributed by atoms with Crippen LogP contribution >= 0.6 is 0 Å². The number of hydrogen-bond acceptors (Lipinski definition) is 5. The second-order valence-corrected chi connectivity index (χ2v) is 5.75. The third kappa shape index (κ3) is 3.10. The Morgan fingerprint density at radius 3 is 2.85 bits per heavy atom. The van der Waals surface area contributed by atoms with E-state index in [9.17, 15) is 4.79 Å². The van der Waals surface area contributed by atoms with Crippen LogP contribution < -0.4 is 11.1 Å². The Hall–Kier alpha value is -3.74. The molecule has 1 amide bonds. The van der Waals surface area contributed by atoms with E-state index < -0.39 is 5.91 Å². The number of nitrogens with zero attached hydrogens (tertiary/aromatic N) is 4. The minimum atomic E-state index is -0.485. The molecule has 0 fully saturated rings. The van der Waals surface area contributed by atoms with E-state index in [0.29, 0.717) is 17.8 Å². The quantitative estimate of drug-likeness (QED) is 0.580. The monoisotopic (exact) mass is 344 g/mol. The van der Waals surface area contributed by atoms with Crippen molar-refractivity contribution in [3.63, 3.8) is 0 Å². The predicted octanol–water partition coefficient (Wildman–Crippen LogP) is 2.50. The Balaban J connectivity index is 1.57. The smallest absolute Gasteiger partial charge is 0.250 e. The van der Waals surface area contributed by atoms with Crippen molar-refractivity contribution in [1.29, 1.82) is 0 Å². The second-order valence-electron chi connectivity index (χ2n) is 5.75. The standard InChI is InChI=1S/C19H16N6O/c20-19(26)15-6-2-8-21-16(15)11-22-14-5-1-4-13(10-14)17-12-25-18(24-17)7-3-9-23-25/h1-10,12,22H,11H2,(H2,20,26). The molecule has 0 aliphatic heterocycles. The number of primary amides is 1. The van der Waals surface area contributed by atoms with E-state index in [1.807, 2.05) is 42.6 Å². The first-order chi connectivity index (χ1) is 12.7. The Morgan fingerprint density at radius 2 is 2.00 bits per heavy atom. The summed E-state index contributed by atoms with van der Waals surface area (Å²) in [5.41, 5.74) is 9.92. The summed E-state index contributed by atoms with van der Waals surface area (Å²) in [7, 11) is 0.